The topological polar surface area (TPSA) is 87.2 Å². The van der Waals surface area contributed by atoms with Gasteiger partial charge < -0.3 is 15.0 Å². The zero-order valence-electron chi connectivity index (χ0n) is 11.2. The van der Waals surface area contributed by atoms with E-state index in [-0.39, 0.29) is 11.0 Å². The Morgan fingerprint density at radius 3 is 2.95 bits per heavy atom. The van der Waals surface area contributed by atoms with Crippen molar-refractivity contribution in [2.24, 2.45) is 0 Å². The van der Waals surface area contributed by atoms with Gasteiger partial charge >= 0.3 is 0 Å². The molecule has 1 aromatic carbocycles. The first kappa shape index (κ1) is 13.2. The standard InChI is InChI=1S/C13H17N3O3S/c1-19-9-4-5-12-11(7-9)15-13(14)16(12)8-10-3-2-6-20(10,17)18/h4-5,7,10H,2-3,6,8H2,1H3,(H2,14,15). The maximum Gasteiger partial charge on any atom is 0.201 e. The fourth-order valence-electron chi connectivity index (χ4n) is 2.71. The SMILES string of the molecule is COc1ccc2c(c1)nc(N)n2CC1CCCS1(=O)=O. The van der Waals surface area contributed by atoms with Crippen molar-refractivity contribution in [3.63, 3.8) is 0 Å². The van der Waals surface area contributed by atoms with E-state index in [9.17, 15) is 8.42 Å². The van der Waals surface area contributed by atoms with E-state index < -0.39 is 9.84 Å². The highest BCUT2D eigenvalue weighted by Crippen LogP contribution is 2.27. The molecule has 0 radical (unpaired) electrons. The highest BCUT2D eigenvalue weighted by Gasteiger charge is 2.32. The number of hydrogen-bond donors (Lipinski definition) is 1. The second-order valence-electron chi connectivity index (χ2n) is 5.07. The predicted octanol–water partition coefficient (Wildman–Crippen LogP) is 1.20. The van der Waals surface area contributed by atoms with Crippen LogP contribution in [-0.2, 0) is 16.4 Å². The molecule has 1 aromatic heterocycles. The number of hydrogen-bond acceptors (Lipinski definition) is 5. The summed E-state index contributed by atoms with van der Waals surface area (Å²) >= 11 is 0. The average Bonchev–Trinajstić information content (AvgIpc) is 2.90. The van der Waals surface area contributed by atoms with E-state index in [0.717, 1.165) is 17.5 Å². The van der Waals surface area contributed by atoms with Gasteiger partial charge in [-0.25, -0.2) is 13.4 Å². The van der Waals surface area contributed by atoms with Gasteiger partial charge in [-0.2, -0.15) is 0 Å². The third kappa shape index (κ3) is 2.11. The van der Waals surface area contributed by atoms with Crippen molar-refractivity contribution in [2.75, 3.05) is 18.6 Å². The van der Waals surface area contributed by atoms with Crippen LogP contribution in [0.3, 0.4) is 0 Å². The van der Waals surface area contributed by atoms with E-state index in [4.69, 9.17) is 10.5 Å². The van der Waals surface area contributed by atoms with Gasteiger partial charge in [0.05, 0.1) is 29.1 Å². The highest BCUT2D eigenvalue weighted by molar-refractivity contribution is 7.92. The molecule has 1 atom stereocenters. The number of imidazole rings is 1. The van der Waals surface area contributed by atoms with E-state index in [0.29, 0.717) is 24.7 Å². The first-order valence-electron chi connectivity index (χ1n) is 6.52. The van der Waals surface area contributed by atoms with Gasteiger partial charge in [-0.05, 0) is 25.0 Å². The smallest absolute Gasteiger partial charge is 0.201 e. The van der Waals surface area contributed by atoms with Crippen LogP contribution in [0.25, 0.3) is 11.0 Å². The Balaban J connectivity index is 2.01. The summed E-state index contributed by atoms with van der Waals surface area (Å²) in [5.41, 5.74) is 7.49. The Bertz CT molecular complexity index is 752. The minimum atomic E-state index is -2.99. The summed E-state index contributed by atoms with van der Waals surface area (Å²) in [6.45, 7) is 0.372. The molecule has 0 aliphatic carbocycles. The van der Waals surface area contributed by atoms with E-state index in [1.807, 2.05) is 12.1 Å². The minimum absolute atomic E-state index is 0.276. The number of methoxy groups -OCH3 is 1. The predicted molar refractivity (Wildman–Crippen MR) is 77.5 cm³/mol. The third-order valence-corrected chi connectivity index (χ3v) is 6.09. The lowest BCUT2D eigenvalue weighted by molar-refractivity contribution is 0.415. The fraction of sp³-hybridized carbons (Fsp3) is 0.462. The van der Waals surface area contributed by atoms with E-state index >= 15 is 0 Å². The van der Waals surface area contributed by atoms with E-state index in [1.54, 1.807) is 17.7 Å². The van der Waals surface area contributed by atoms with Crippen LogP contribution in [0.15, 0.2) is 18.2 Å². The summed E-state index contributed by atoms with van der Waals surface area (Å²) in [6.07, 6.45) is 1.42. The Kier molecular flexibility index (Phi) is 3.08. The van der Waals surface area contributed by atoms with Crippen molar-refractivity contribution in [1.29, 1.82) is 0 Å². The van der Waals surface area contributed by atoms with Crippen LogP contribution >= 0.6 is 0 Å². The Morgan fingerprint density at radius 2 is 2.30 bits per heavy atom. The molecule has 2 aromatic rings. The number of rotatable bonds is 3. The van der Waals surface area contributed by atoms with Crippen molar-refractivity contribution < 1.29 is 13.2 Å². The lowest BCUT2D eigenvalue weighted by Crippen LogP contribution is -2.23. The maximum atomic E-state index is 11.9. The van der Waals surface area contributed by atoms with Crippen molar-refractivity contribution in [2.45, 2.75) is 24.6 Å². The minimum Gasteiger partial charge on any atom is -0.497 e. The molecule has 2 heterocycles. The molecule has 20 heavy (non-hydrogen) atoms. The van der Waals surface area contributed by atoms with E-state index in [2.05, 4.69) is 4.98 Å². The molecular formula is C13H17N3O3S. The van der Waals surface area contributed by atoms with Crippen LogP contribution in [0.2, 0.25) is 0 Å². The zero-order valence-corrected chi connectivity index (χ0v) is 12.1. The molecule has 3 rings (SSSR count). The number of sulfone groups is 1. The normalized spacial score (nSPS) is 21.4. The summed E-state index contributed by atoms with van der Waals surface area (Å²) in [4.78, 5) is 4.28. The Labute approximate surface area is 117 Å². The van der Waals surface area contributed by atoms with Crippen molar-refractivity contribution in [1.82, 2.24) is 9.55 Å². The summed E-state index contributed by atoms with van der Waals surface area (Å²) < 4.78 is 30.8. The number of nitrogens with two attached hydrogens (primary N) is 1. The second-order valence-corrected chi connectivity index (χ2v) is 7.47. The van der Waals surface area contributed by atoms with Gasteiger partial charge in [0.1, 0.15) is 5.75 Å². The molecule has 1 unspecified atom stereocenters. The Hall–Kier alpha value is -1.76. The first-order chi connectivity index (χ1) is 9.51. The van der Waals surface area contributed by atoms with Gasteiger partial charge in [0.15, 0.2) is 9.84 Å². The number of fused-ring (bicyclic) bond motifs is 1. The molecule has 1 saturated heterocycles. The molecule has 7 heteroatoms. The molecule has 1 fully saturated rings. The summed E-state index contributed by atoms with van der Waals surface area (Å²) in [5, 5.41) is -0.357. The van der Waals surface area contributed by atoms with Gasteiger partial charge in [0.25, 0.3) is 0 Å². The highest BCUT2D eigenvalue weighted by atomic mass is 32.2. The second kappa shape index (κ2) is 4.66. The van der Waals surface area contributed by atoms with Crippen LogP contribution in [0, 0.1) is 0 Å². The molecular weight excluding hydrogens is 278 g/mol. The Morgan fingerprint density at radius 1 is 1.50 bits per heavy atom. The quantitative estimate of drug-likeness (QED) is 0.919. The summed E-state index contributed by atoms with van der Waals surface area (Å²) in [7, 11) is -1.40. The molecule has 0 saturated carbocycles. The molecule has 1 aliphatic heterocycles. The fourth-order valence-corrected chi connectivity index (χ4v) is 4.52. The summed E-state index contributed by atoms with van der Waals surface area (Å²) in [6, 6.07) is 5.48. The lowest BCUT2D eigenvalue weighted by atomic mass is 10.2. The zero-order chi connectivity index (χ0) is 14.3. The van der Waals surface area contributed by atoms with Crippen molar-refractivity contribution in [3.05, 3.63) is 18.2 Å². The molecule has 0 amide bonds. The van der Waals surface area contributed by atoms with Crippen molar-refractivity contribution >= 4 is 26.8 Å². The molecule has 6 nitrogen and oxygen atoms in total. The molecule has 108 valence electrons. The first-order valence-corrected chi connectivity index (χ1v) is 8.24. The number of nitrogen functional groups attached to an aromatic ring is 1. The van der Waals surface area contributed by atoms with Crippen molar-refractivity contribution in [3.8, 4) is 5.75 Å². The van der Waals surface area contributed by atoms with Gasteiger partial charge in [-0.1, -0.05) is 0 Å². The molecule has 0 bridgehead atoms. The number of anilines is 1. The largest absolute Gasteiger partial charge is 0.497 e. The van der Waals surface area contributed by atoms with Gasteiger partial charge in [-0.15, -0.1) is 0 Å². The summed E-state index contributed by atoms with van der Waals surface area (Å²) in [5.74, 6) is 1.32. The molecule has 2 N–H and O–H groups in total. The maximum absolute atomic E-state index is 11.9. The number of nitrogens with zero attached hydrogens (tertiary/aromatic N) is 2. The number of benzene rings is 1. The monoisotopic (exact) mass is 295 g/mol. The lowest BCUT2D eigenvalue weighted by Gasteiger charge is -2.12. The van der Waals surface area contributed by atoms with Crippen LogP contribution in [-0.4, -0.2) is 36.1 Å². The van der Waals surface area contributed by atoms with Gasteiger partial charge in [-0.3, -0.25) is 0 Å². The third-order valence-electron chi connectivity index (χ3n) is 3.83. The number of ether oxygens (including phenoxy) is 1. The number of aromatic nitrogens is 2. The van der Waals surface area contributed by atoms with E-state index in [1.165, 1.54) is 0 Å². The van der Waals surface area contributed by atoms with Gasteiger partial charge in [0.2, 0.25) is 5.95 Å². The molecule has 1 aliphatic rings. The average molecular weight is 295 g/mol. The van der Waals surface area contributed by atoms with Crippen LogP contribution in [0.1, 0.15) is 12.8 Å². The van der Waals surface area contributed by atoms with Crippen LogP contribution < -0.4 is 10.5 Å². The van der Waals surface area contributed by atoms with Gasteiger partial charge in [0, 0.05) is 12.6 Å². The van der Waals surface area contributed by atoms with Crippen LogP contribution in [0.4, 0.5) is 5.95 Å². The molecule has 0 spiro atoms. The van der Waals surface area contributed by atoms with Crippen LogP contribution in [0.5, 0.6) is 5.75 Å².